The molecule has 3 aromatic rings. The van der Waals surface area contributed by atoms with Crippen LogP contribution in [0.1, 0.15) is 32.4 Å². The Morgan fingerprint density at radius 1 is 1.11 bits per heavy atom. The van der Waals surface area contributed by atoms with Crippen molar-refractivity contribution < 1.29 is 14.3 Å². The topological polar surface area (TPSA) is 93.3 Å². The van der Waals surface area contributed by atoms with Gasteiger partial charge in [-0.2, -0.15) is 10.1 Å². The molecule has 8 nitrogen and oxygen atoms in total. The van der Waals surface area contributed by atoms with E-state index in [0.29, 0.717) is 32.0 Å². The Morgan fingerprint density at radius 3 is 2.47 bits per heavy atom. The summed E-state index contributed by atoms with van der Waals surface area (Å²) in [7, 11) is 0. The zero-order chi connectivity index (χ0) is 27.0. The van der Waals surface area contributed by atoms with Crippen LogP contribution in [0.25, 0.3) is 6.08 Å². The molecular formula is C28H26N4O4S2. The largest absolute Gasteiger partial charge is 0.463 e. The van der Waals surface area contributed by atoms with Crippen LogP contribution in [0, 0.1) is 5.92 Å². The molecule has 0 radical (unpaired) electrons. The van der Waals surface area contributed by atoms with Crippen LogP contribution >= 0.6 is 23.1 Å². The van der Waals surface area contributed by atoms with Gasteiger partial charge in [-0.25, -0.2) is 9.79 Å². The molecule has 0 N–H and O–H groups in total. The van der Waals surface area contributed by atoms with Crippen molar-refractivity contribution in [1.29, 1.82) is 0 Å². The first-order valence-electron chi connectivity index (χ1n) is 12.1. The van der Waals surface area contributed by atoms with E-state index in [9.17, 15) is 14.4 Å². The number of aromatic nitrogens is 1. The lowest BCUT2D eigenvalue weighted by atomic mass is 9.96. The number of thiazole rings is 1. The predicted molar refractivity (Wildman–Crippen MR) is 150 cm³/mol. The van der Waals surface area contributed by atoms with Crippen LogP contribution in [0.3, 0.4) is 0 Å². The second-order valence-corrected chi connectivity index (χ2v) is 10.7. The number of anilines is 1. The molecule has 0 fully saturated rings. The van der Waals surface area contributed by atoms with Gasteiger partial charge in [0, 0.05) is 4.90 Å². The van der Waals surface area contributed by atoms with Crippen LogP contribution in [0.5, 0.6) is 0 Å². The number of carbonyl (C=O) groups excluding carboxylic acids is 2. The van der Waals surface area contributed by atoms with Gasteiger partial charge in [-0.15, -0.1) is 11.8 Å². The Morgan fingerprint density at radius 2 is 1.82 bits per heavy atom. The van der Waals surface area contributed by atoms with Crippen LogP contribution in [0.4, 0.5) is 5.69 Å². The zero-order valence-corrected chi connectivity index (χ0v) is 23.0. The van der Waals surface area contributed by atoms with Gasteiger partial charge in [-0.3, -0.25) is 14.2 Å². The number of thioether (sulfide) groups is 1. The highest BCUT2D eigenvalue weighted by Crippen LogP contribution is 2.32. The first-order valence-corrected chi connectivity index (χ1v) is 14.2. The molecule has 2 aliphatic heterocycles. The summed E-state index contributed by atoms with van der Waals surface area (Å²) in [6, 6.07) is 16.2. The fraction of sp³-hybridized carbons (Fsp3) is 0.250. The molecule has 2 aliphatic rings. The number of hydrazone groups is 1. The average Bonchev–Trinajstić information content (AvgIpc) is 3.38. The number of allylic oxidation sites excluding steroid dienone is 1. The van der Waals surface area contributed by atoms with Crippen LogP contribution in [0.15, 0.2) is 85.7 Å². The zero-order valence-electron chi connectivity index (χ0n) is 21.4. The number of nitrogens with zero attached hydrogens (tertiary/aromatic N) is 4. The number of fused-ring (bicyclic) bond motifs is 1. The van der Waals surface area contributed by atoms with Crippen LogP contribution in [-0.4, -0.2) is 35.0 Å². The molecule has 0 unspecified atom stereocenters. The lowest BCUT2D eigenvalue weighted by Crippen LogP contribution is -2.40. The van der Waals surface area contributed by atoms with E-state index in [2.05, 4.69) is 10.1 Å². The number of para-hydroxylation sites is 1. The summed E-state index contributed by atoms with van der Waals surface area (Å²) in [6.07, 6.45) is 3.64. The molecule has 2 atom stereocenters. The second-order valence-electron chi connectivity index (χ2n) is 8.80. The van der Waals surface area contributed by atoms with E-state index in [-0.39, 0.29) is 18.1 Å². The van der Waals surface area contributed by atoms with Crippen LogP contribution in [0.2, 0.25) is 0 Å². The standard InChI is InChI=1S/C28H26N4O4S2/c1-5-36-27(35)23-17(3)29-28-31(24(23)18-11-13-20(37-4)14-12-18)26(34)22(38-28)15-21-16(2)30-32(25(21)33)19-9-7-6-8-10-19/h6-15,21,24H,5H2,1-4H3/b22-15+/t21-,24-/m0/s1. The number of rotatable bonds is 6. The first-order chi connectivity index (χ1) is 18.3. The number of carbonyl (C=O) groups is 2. The van der Waals surface area contributed by atoms with Gasteiger partial charge < -0.3 is 4.74 Å². The molecule has 0 saturated carbocycles. The summed E-state index contributed by atoms with van der Waals surface area (Å²) in [5.41, 5.74) is 2.54. The summed E-state index contributed by atoms with van der Waals surface area (Å²) in [5, 5.41) is 5.81. The monoisotopic (exact) mass is 546 g/mol. The molecule has 0 saturated heterocycles. The van der Waals surface area contributed by atoms with Crippen molar-refractivity contribution in [2.24, 2.45) is 16.0 Å². The third-order valence-electron chi connectivity index (χ3n) is 6.45. The van der Waals surface area contributed by atoms with Crippen LogP contribution in [-0.2, 0) is 14.3 Å². The quantitative estimate of drug-likeness (QED) is 0.349. The maximum atomic E-state index is 13.8. The van der Waals surface area contributed by atoms with Crippen molar-refractivity contribution in [3.8, 4) is 0 Å². The Balaban J connectivity index is 1.62. The Kier molecular flexibility index (Phi) is 7.18. The molecule has 1 aromatic heterocycles. The smallest absolute Gasteiger partial charge is 0.338 e. The van der Waals surface area contributed by atoms with Gasteiger partial charge in [0.05, 0.1) is 39.9 Å². The van der Waals surface area contributed by atoms with Gasteiger partial charge in [0.2, 0.25) is 0 Å². The van der Waals surface area contributed by atoms with Crippen molar-refractivity contribution in [2.45, 2.75) is 31.7 Å². The number of amides is 1. The van der Waals surface area contributed by atoms with Gasteiger partial charge >= 0.3 is 5.97 Å². The number of ether oxygens (including phenoxy) is 1. The van der Waals surface area contributed by atoms with Gasteiger partial charge in [0.1, 0.15) is 5.92 Å². The Hall–Kier alpha value is -3.76. The van der Waals surface area contributed by atoms with E-state index >= 15 is 0 Å². The highest BCUT2D eigenvalue weighted by Gasteiger charge is 2.35. The van der Waals surface area contributed by atoms with E-state index in [0.717, 1.165) is 10.5 Å². The van der Waals surface area contributed by atoms with Crippen molar-refractivity contribution in [1.82, 2.24) is 4.57 Å². The van der Waals surface area contributed by atoms with Crippen molar-refractivity contribution in [3.05, 3.63) is 91.1 Å². The molecule has 0 spiro atoms. The fourth-order valence-corrected chi connectivity index (χ4v) is 6.05. The molecule has 3 heterocycles. The molecule has 1 amide bonds. The molecule has 0 bridgehead atoms. The number of benzene rings is 2. The van der Waals surface area contributed by atoms with E-state index in [1.54, 1.807) is 38.6 Å². The third-order valence-corrected chi connectivity index (χ3v) is 8.19. The Labute approximate surface area is 227 Å². The SMILES string of the molecule is CCOC(=O)C1=C(C)N=c2s/c(=C/[C@@H]3C(=O)N(c4ccccc4)N=C3C)c(=O)n2[C@H]1c1ccc(SC)cc1. The highest BCUT2D eigenvalue weighted by molar-refractivity contribution is 7.98. The summed E-state index contributed by atoms with van der Waals surface area (Å²) < 4.78 is 7.26. The van der Waals surface area contributed by atoms with E-state index in [1.165, 1.54) is 20.9 Å². The predicted octanol–water partition coefficient (Wildman–Crippen LogP) is 3.51. The van der Waals surface area contributed by atoms with E-state index < -0.39 is 17.9 Å². The maximum absolute atomic E-state index is 13.8. The molecule has 38 heavy (non-hydrogen) atoms. The lowest BCUT2D eigenvalue weighted by Gasteiger charge is -2.24. The molecule has 2 aromatic carbocycles. The van der Waals surface area contributed by atoms with Gasteiger partial charge in [0.15, 0.2) is 4.80 Å². The lowest BCUT2D eigenvalue weighted by molar-refractivity contribution is -0.139. The van der Waals surface area contributed by atoms with Gasteiger partial charge in [-0.1, -0.05) is 41.7 Å². The highest BCUT2D eigenvalue weighted by atomic mass is 32.2. The summed E-state index contributed by atoms with van der Waals surface area (Å²) in [5.74, 6) is -1.41. The molecule has 0 aliphatic carbocycles. The van der Waals surface area contributed by atoms with Crippen molar-refractivity contribution in [3.63, 3.8) is 0 Å². The second kappa shape index (κ2) is 10.5. The Bertz CT molecular complexity index is 1650. The minimum absolute atomic E-state index is 0.207. The number of esters is 1. The molecule has 5 rings (SSSR count). The third kappa shape index (κ3) is 4.54. The minimum atomic E-state index is -0.696. The first kappa shape index (κ1) is 25.9. The fourth-order valence-electron chi connectivity index (χ4n) is 4.58. The van der Waals surface area contributed by atoms with Crippen LogP contribution < -0.4 is 19.9 Å². The summed E-state index contributed by atoms with van der Waals surface area (Å²) in [6.45, 7) is 5.48. The van der Waals surface area contributed by atoms with E-state index in [1.807, 2.05) is 60.9 Å². The minimum Gasteiger partial charge on any atom is -0.463 e. The number of hydrogen-bond acceptors (Lipinski definition) is 8. The van der Waals surface area contributed by atoms with E-state index in [4.69, 9.17) is 4.74 Å². The normalized spacial score (nSPS) is 19.4. The van der Waals surface area contributed by atoms with Gasteiger partial charge in [0.25, 0.3) is 11.5 Å². The van der Waals surface area contributed by atoms with Gasteiger partial charge in [-0.05, 0) is 62.9 Å². The average molecular weight is 547 g/mol. The number of hydrogen-bond donors (Lipinski definition) is 0. The molecule has 194 valence electrons. The molecular weight excluding hydrogens is 520 g/mol. The summed E-state index contributed by atoms with van der Waals surface area (Å²) >= 11 is 2.81. The summed E-state index contributed by atoms with van der Waals surface area (Å²) in [4.78, 5) is 46.3. The molecule has 10 heteroatoms. The van der Waals surface area contributed by atoms with Crippen molar-refractivity contribution >= 4 is 52.5 Å². The maximum Gasteiger partial charge on any atom is 0.338 e. The van der Waals surface area contributed by atoms with Crippen molar-refractivity contribution in [2.75, 3.05) is 17.9 Å².